The molecule has 2 aliphatic carbocycles. The zero-order chi connectivity index (χ0) is 14.8. The van der Waals surface area contributed by atoms with Gasteiger partial charge in [-0.1, -0.05) is 6.92 Å². The summed E-state index contributed by atoms with van der Waals surface area (Å²) in [6, 6.07) is 2.80. The van der Waals surface area contributed by atoms with Crippen molar-refractivity contribution in [3.63, 3.8) is 0 Å². The Hall–Kier alpha value is -1.08. The van der Waals surface area contributed by atoms with Crippen molar-refractivity contribution in [3.05, 3.63) is 0 Å². The molecule has 0 aliphatic heterocycles. The number of likely N-dealkylation sites (N-methyl/N-ethyl adjacent to an activating group) is 1. The Morgan fingerprint density at radius 1 is 1.30 bits per heavy atom. The molecule has 0 heterocycles. The second kappa shape index (κ2) is 6.13. The second-order valence-electron chi connectivity index (χ2n) is 6.97. The van der Waals surface area contributed by atoms with Gasteiger partial charge >= 0.3 is 0 Å². The first-order chi connectivity index (χ1) is 9.44. The molecule has 0 aromatic rings. The molecule has 2 aliphatic rings. The van der Waals surface area contributed by atoms with Crippen LogP contribution in [0.2, 0.25) is 0 Å². The number of carbonyl (C=O) groups is 1. The molecule has 1 atom stereocenters. The van der Waals surface area contributed by atoms with Crippen molar-refractivity contribution in [2.75, 3.05) is 13.6 Å². The summed E-state index contributed by atoms with van der Waals surface area (Å²) in [5.74, 6) is 1.16. The van der Waals surface area contributed by atoms with Gasteiger partial charge in [-0.05, 0) is 64.3 Å². The molecule has 1 N–H and O–H groups in total. The summed E-state index contributed by atoms with van der Waals surface area (Å²) in [7, 11) is 2.03. The molecule has 1 unspecified atom stereocenters. The summed E-state index contributed by atoms with van der Waals surface area (Å²) < 4.78 is 0. The molecule has 2 rings (SSSR count). The quantitative estimate of drug-likeness (QED) is 0.839. The highest BCUT2D eigenvalue weighted by Crippen LogP contribution is 2.39. The highest BCUT2D eigenvalue weighted by molar-refractivity contribution is 5.79. The number of rotatable bonds is 5. The van der Waals surface area contributed by atoms with Gasteiger partial charge in [0.15, 0.2) is 0 Å². The van der Waals surface area contributed by atoms with Gasteiger partial charge in [-0.25, -0.2) is 0 Å². The van der Waals surface area contributed by atoms with Gasteiger partial charge in [-0.2, -0.15) is 5.26 Å². The van der Waals surface area contributed by atoms with Crippen molar-refractivity contribution >= 4 is 5.91 Å². The van der Waals surface area contributed by atoms with Gasteiger partial charge in [-0.15, -0.1) is 0 Å². The van der Waals surface area contributed by atoms with E-state index in [1.54, 1.807) is 0 Å². The van der Waals surface area contributed by atoms with E-state index in [0.29, 0.717) is 18.5 Å². The lowest BCUT2D eigenvalue weighted by Gasteiger charge is -2.34. The van der Waals surface area contributed by atoms with Crippen molar-refractivity contribution in [3.8, 4) is 6.07 Å². The molecule has 0 radical (unpaired) electrons. The number of nitrogens with one attached hydrogen (secondary N) is 1. The van der Waals surface area contributed by atoms with E-state index < -0.39 is 5.54 Å². The zero-order valence-electron chi connectivity index (χ0n) is 13.0. The average Bonchev–Trinajstić information content (AvgIpc) is 3.23. The van der Waals surface area contributed by atoms with Crippen molar-refractivity contribution in [1.29, 1.82) is 5.26 Å². The summed E-state index contributed by atoms with van der Waals surface area (Å²) in [6.07, 6.45) is 7.00. The number of carbonyl (C=O) groups excluding carboxylic acids is 1. The van der Waals surface area contributed by atoms with Crippen LogP contribution in [0, 0.1) is 23.2 Å². The van der Waals surface area contributed by atoms with E-state index in [4.69, 9.17) is 0 Å². The Balaban J connectivity index is 1.80. The first kappa shape index (κ1) is 15.3. The number of nitrogens with zero attached hydrogens (tertiary/aromatic N) is 2. The minimum atomic E-state index is -0.668. The molecule has 112 valence electrons. The second-order valence-corrected chi connectivity index (χ2v) is 6.97. The van der Waals surface area contributed by atoms with Gasteiger partial charge in [0.05, 0.1) is 12.6 Å². The number of hydrogen-bond acceptors (Lipinski definition) is 3. The van der Waals surface area contributed by atoms with E-state index >= 15 is 0 Å². The van der Waals surface area contributed by atoms with Crippen LogP contribution in [0.25, 0.3) is 0 Å². The SMILES string of the molecule is CC1CCC(N(C)CC(=O)NC(C)(C#N)C2CC2)CC1. The van der Waals surface area contributed by atoms with Gasteiger partial charge in [0, 0.05) is 6.04 Å². The maximum Gasteiger partial charge on any atom is 0.235 e. The minimum absolute atomic E-state index is 0.0120. The van der Waals surface area contributed by atoms with Crippen LogP contribution < -0.4 is 5.32 Å². The monoisotopic (exact) mass is 277 g/mol. The molecule has 20 heavy (non-hydrogen) atoms. The van der Waals surface area contributed by atoms with E-state index in [2.05, 4.69) is 23.2 Å². The summed E-state index contributed by atoms with van der Waals surface area (Å²) in [5, 5.41) is 12.2. The van der Waals surface area contributed by atoms with Crippen molar-refractivity contribution in [2.45, 2.75) is 64.0 Å². The maximum absolute atomic E-state index is 12.2. The first-order valence-corrected chi connectivity index (χ1v) is 7.87. The molecular weight excluding hydrogens is 250 g/mol. The number of amides is 1. The van der Waals surface area contributed by atoms with Crippen molar-refractivity contribution in [2.24, 2.45) is 11.8 Å². The highest BCUT2D eigenvalue weighted by Gasteiger charge is 2.43. The Morgan fingerprint density at radius 2 is 1.90 bits per heavy atom. The molecule has 0 saturated heterocycles. The molecule has 4 nitrogen and oxygen atoms in total. The average molecular weight is 277 g/mol. The van der Waals surface area contributed by atoms with Gasteiger partial charge in [0.25, 0.3) is 0 Å². The highest BCUT2D eigenvalue weighted by atomic mass is 16.2. The smallest absolute Gasteiger partial charge is 0.235 e. The Bertz CT molecular complexity index is 391. The predicted molar refractivity (Wildman–Crippen MR) is 78.9 cm³/mol. The Morgan fingerprint density at radius 3 is 2.40 bits per heavy atom. The third-order valence-electron chi connectivity index (χ3n) is 5.03. The van der Waals surface area contributed by atoms with Crippen molar-refractivity contribution in [1.82, 2.24) is 10.2 Å². The van der Waals surface area contributed by atoms with Gasteiger partial charge in [0.1, 0.15) is 5.54 Å². The molecule has 4 heteroatoms. The number of hydrogen-bond donors (Lipinski definition) is 1. The van der Waals surface area contributed by atoms with Crippen LogP contribution in [-0.2, 0) is 4.79 Å². The Labute approximate surface area is 122 Å². The van der Waals surface area contributed by atoms with Crippen LogP contribution in [0.3, 0.4) is 0 Å². The molecule has 0 aromatic heterocycles. The first-order valence-electron chi connectivity index (χ1n) is 7.87. The van der Waals surface area contributed by atoms with E-state index in [1.165, 1.54) is 25.7 Å². The van der Waals surface area contributed by atoms with Gasteiger partial charge in [0.2, 0.25) is 5.91 Å². The van der Waals surface area contributed by atoms with E-state index in [9.17, 15) is 10.1 Å². The third kappa shape index (κ3) is 3.73. The molecule has 0 spiro atoms. The summed E-state index contributed by atoms with van der Waals surface area (Å²) in [6.45, 7) is 4.56. The summed E-state index contributed by atoms with van der Waals surface area (Å²) in [5.41, 5.74) is -0.668. The zero-order valence-corrected chi connectivity index (χ0v) is 13.0. The van der Waals surface area contributed by atoms with Gasteiger partial charge in [-0.3, -0.25) is 9.69 Å². The molecule has 2 fully saturated rings. The van der Waals surface area contributed by atoms with Crippen LogP contribution >= 0.6 is 0 Å². The van der Waals surface area contributed by atoms with Crippen LogP contribution in [0.15, 0.2) is 0 Å². The topological polar surface area (TPSA) is 56.1 Å². The lowest BCUT2D eigenvalue weighted by molar-refractivity contribution is -0.124. The molecule has 1 amide bonds. The van der Waals surface area contributed by atoms with Crippen LogP contribution in [0.5, 0.6) is 0 Å². The largest absolute Gasteiger partial charge is 0.337 e. The predicted octanol–water partition coefficient (Wildman–Crippen LogP) is 2.31. The minimum Gasteiger partial charge on any atom is -0.337 e. The lowest BCUT2D eigenvalue weighted by atomic mass is 9.87. The normalized spacial score (nSPS) is 29.6. The maximum atomic E-state index is 12.2. The lowest BCUT2D eigenvalue weighted by Crippen LogP contribution is -2.51. The Kier molecular flexibility index (Phi) is 4.70. The fourth-order valence-electron chi connectivity index (χ4n) is 3.25. The summed E-state index contributed by atoms with van der Waals surface area (Å²) >= 11 is 0. The van der Waals surface area contributed by atoms with E-state index in [1.807, 2.05) is 14.0 Å². The molecular formula is C16H27N3O. The molecule has 0 bridgehead atoms. The van der Waals surface area contributed by atoms with Crippen molar-refractivity contribution < 1.29 is 4.79 Å². The number of nitriles is 1. The standard InChI is InChI=1S/C16H27N3O/c1-12-4-8-14(9-5-12)19(3)10-15(20)18-16(2,11-17)13-6-7-13/h12-14H,4-10H2,1-3H3,(H,18,20). The fraction of sp³-hybridized carbons (Fsp3) is 0.875. The third-order valence-corrected chi connectivity index (χ3v) is 5.03. The fourth-order valence-corrected chi connectivity index (χ4v) is 3.25. The van der Waals surface area contributed by atoms with Gasteiger partial charge < -0.3 is 5.32 Å². The summed E-state index contributed by atoms with van der Waals surface area (Å²) in [4.78, 5) is 14.3. The van der Waals surface area contributed by atoms with E-state index in [0.717, 1.165) is 18.8 Å². The van der Waals surface area contributed by atoms with E-state index in [-0.39, 0.29) is 5.91 Å². The van der Waals surface area contributed by atoms with Crippen LogP contribution in [0.1, 0.15) is 52.4 Å². The molecule has 0 aromatic carbocycles. The van der Waals surface area contributed by atoms with Crippen LogP contribution in [-0.4, -0.2) is 36.0 Å². The van der Waals surface area contributed by atoms with Crippen LogP contribution in [0.4, 0.5) is 0 Å². The molecule has 2 saturated carbocycles.